The fourth-order valence-corrected chi connectivity index (χ4v) is 2.81. The van der Waals surface area contributed by atoms with Crippen LogP contribution >= 0.6 is 0 Å². The molecule has 0 bridgehead atoms. The third-order valence-electron chi connectivity index (χ3n) is 3.99. The van der Waals surface area contributed by atoms with Gasteiger partial charge in [-0.05, 0) is 18.6 Å². The quantitative estimate of drug-likeness (QED) is 0.809. The Bertz CT molecular complexity index is 674. The lowest BCUT2D eigenvalue weighted by Gasteiger charge is -2.21. The number of likely N-dealkylation sites (tertiary alicyclic amines) is 1. The van der Waals surface area contributed by atoms with E-state index in [0.717, 1.165) is 23.2 Å². The molecular formula is C14H13F3N4O3. The summed E-state index contributed by atoms with van der Waals surface area (Å²) in [5.74, 6) is -0.832. The standard InChI is InChI=1S/C14H13F3N4O3/c15-14(16,17)10-2-1-8(5-18-10)12(23)20-4-3-9(7-20)21-11(22)6-19-13(21)24/h1-2,5,9H,3-4,6-7H2,(H,19,24). The largest absolute Gasteiger partial charge is 0.433 e. The van der Waals surface area contributed by atoms with Crippen LogP contribution in [-0.4, -0.2) is 58.3 Å². The van der Waals surface area contributed by atoms with Crippen LogP contribution < -0.4 is 5.32 Å². The molecule has 2 fully saturated rings. The summed E-state index contributed by atoms with van der Waals surface area (Å²) in [6, 6.07) is 0.902. The Hall–Kier alpha value is -2.65. The van der Waals surface area contributed by atoms with E-state index in [-0.39, 0.29) is 24.6 Å². The van der Waals surface area contributed by atoms with Crippen LogP contribution in [0.5, 0.6) is 0 Å². The van der Waals surface area contributed by atoms with Gasteiger partial charge in [-0.15, -0.1) is 0 Å². The average molecular weight is 342 g/mol. The molecule has 3 rings (SSSR count). The Morgan fingerprint density at radius 3 is 2.58 bits per heavy atom. The highest BCUT2D eigenvalue weighted by atomic mass is 19.4. The number of pyridine rings is 1. The zero-order chi connectivity index (χ0) is 17.5. The van der Waals surface area contributed by atoms with Gasteiger partial charge in [-0.2, -0.15) is 13.2 Å². The van der Waals surface area contributed by atoms with E-state index in [1.807, 2.05) is 0 Å². The van der Waals surface area contributed by atoms with Crippen LogP contribution in [0.15, 0.2) is 18.3 Å². The van der Waals surface area contributed by atoms with Crippen LogP contribution in [-0.2, 0) is 11.0 Å². The van der Waals surface area contributed by atoms with Gasteiger partial charge in [-0.1, -0.05) is 0 Å². The number of hydrogen-bond acceptors (Lipinski definition) is 4. The Balaban J connectivity index is 1.68. The second kappa shape index (κ2) is 5.77. The lowest BCUT2D eigenvalue weighted by Crippen LogP contribution is -2.42. The molecule has 2 aliphatic heterocycles. The van der Waals surface area contributed by atoms with Crippen LogP contribution in [0.25, 0.3) is 0 Å². The summed E-state index contributed by atoms with van der Waals surface area (Å²) in [5, 5.41) is 2.41. The SMILES string of the molecule is O=C(c1ccc(C(F)(F)F)nc1)N1CCC(N2C(=O)CNC2=O)C1. The molecule has 2 aliphatic rings. The Morgan fingerprint density at radius 2 is 2.04 bits per heavy atom. The molecular weight excluding hydrogens is 329 g/mol. The summed E-state index contributed by atoms with van der Waals surface area (Å²) in [6.45, 7) is 0.396. The first-order valence-electron chi connectivity index (χ1n) is 7.20. The van der Waals surface area contributed by atoms with Crippen molar-refractivity contribution >= 4 is 17.8 Å². The highest BCUT2D eigenvalue weighted by Crippen LogP contribution is 2.27. The predicted octanol–water partition coefficient (Wildman–Crippen LogP) is 0.867. The zero-order valence-corrected chi connectivity index (χ0v) is 12.3. The monoisotopic (exact) mass is 342 g/mol. The van der Waals surface area contributed by atoms with Crippen LogP contribution in [0.3, 0.4) is 0 Å². The predicted molar refractivity (Wildman–Crippen MR) is 73.8 cm³/mol. The van der Waals surface area contributed by atoms with E-state index in [1.165, 1.54) is 4.90 Å². The molecule has 0 aromatic carbocycles. The van der Waals surface area contributed by atoms with E-state index in [2.05, 4.69) is 10.3 Å². The van der Waals surface area contributed by atoms with E-state index < -0.39 is 29.9 Å². The van der Waals surface area contributed by atoms with Gasteiger partial charge in [0.15, 0.2) is 0 Å². The molecule has 1 atom stereocenters. The molecule has 2 saturated heterocycles. The lowest BCUT2D eigenvalue weighted by atomic mass is 10.2. The first kappa shape index (κ1) is 16.2. The van der Waals surface area contributed by atoms with Gasteiger partial charge in [0.25, 0.3) is 5.91 Å². The molecule has 1 N–H and O–H groups in total. The first-order chi connectivity index (χ1) is 11.3. The molecule has 1 aromatic rings. The lowest BCUT2D eigenvalue weighted by molar-refractivity contribution is -0.141. The number of alkyl halides is 3. The summed E-state index contributed by atoms with van der Waals surface area (Å²) in [5.41, 5.74) is -1.04. The number of nitrogens with zero attached hydrogens (tertiary/aromatic N) is 3. The number of nitrogens with one attached hydrogen (secondary N) is 1. The number of rotatable bonds is 2. The maximum Gasteiger partial charge on any atom is 0.433 e. The Kier molecular flexibility index (Phi) is 3.90. The Morgan fingerprint density at radius 1 is 1.29 bits per heavy atom. The number of urea groups is 1. The highest BCUT2D eigenvalue weighted by Gasteiger charge is 2.40. The summed E-state index contributed by atoms with van der Waals surface area (Å²) in [6.07, 6.45) is -3.26. The number of imide groups is 1. The second-order valence-corrected chi connectivity index (χ2v) is 5.55. The molecule has 1 aromatic heterocycles. The zero-order valence-electron chi connectivity index (χ0n) is 12.3. The second-order valence-electron chi connectivity index (χ2n) is 5.55. The summed E-state index contributed by atoms with van der Waals surface area (Å²) in [4.78, 5) is 41.4. The van der Waals surface area contributed by atoms with Gasteiger partial charge in [-0.25, -0.2) is 4.79 Å². The summed E-state index contributed by atoms with van der Waals surface area (Å²) in [7, 11) is 0. The molecule has 0 saturated carbocycles. The van der Waals surface area contributed by atoms with Crippen molar-refractivity contribution in [2.75, 3.05) is 19.6 Å². The average Bonchev–Trinajstić information content (AvgIpc) is 3.13. The van der Waals surface area contributed by atoms with Crippen molar-refractivity contribution in [3.63, 3.8) is 0 Å². The van der Waals surface area contributed by atoms with Gasteiger partial charge >= 0.3 is 12.2 Å². The normalized spacial score (nSPS) is 21.4. The minimum Gasteiger partial charge on any atom is -0.336 e. The molecule has 7 nitrogen and oxygen atoms in total. The number of hydrogen-bond donors (Lipinski definition) is 1. The first-order valence-corrected chi connectivity index (χ1v) is 7.20. The molecule has 0 spiro atoms. The van der Waals surface area contributed by atoms with Crippen LogP contribution in [0.1, 0.15) is 22.5 Å². The van der Waals surface area contributed by atoms with Gasteiger partial charge in [-0.3, -0.25) is 19.5 Å². The molecule has 3 heterocycles. The van der Waals surface area contributed by atoms with E-state index in [4.69, 9.17) is 0 Å². The molecule has 1 unspecified atom stereocenters. The summed E-state index contributed by atoms with van der Waals surface area (Å²) < 4.78 is 37.5. The van der Waals surface area contributed by atoms with Gasteiger partial charge in [0.1, 0.15) is 5.69 Å². The van der Waals surface area contributed by atoms with Crippen molar-refractivity contribution in [2.24, 2.45) is 0 Å². The smallest absolute Gasteiger partial charge is 0.336 e. The van der Waals surface area contributed by atoms with Gasteiger partial charge in [0.2, 0.25) is 5.91 Å². The van der Waals surface area contributed by atoms with Crippen molar-refractivity contribution in [3.05, 3.63) is 29.6 Å². The van der Waals surface area contributed by atoms with E-state index in [0.29, 0.717) is 13.0 Å². The minimum atomic E-state index is -4.57. The Labute approximate surface area is 134 Å². The number of carbonyl (C=O) groups is 3. The van der Waals surface area contributed by atoms with Crippen molar-refractivity contribution in [1.29, 1.82) is 0 Å². The van der Waals surface area contributed by atoms with Crippen molar-refractivity contribution in [2.45, 2.75) is 18.6 Å². The number of halogens is 3. The van der Waals surface area contributed by atoms with E-state index >= 15 is 0 Å². The van der Waals surface area contributed by atoms with Crippen LogP contribution in [0.2, 0.25) is 0 Å². The topological polar surface area (TPSA) is 82.6 Å². The highest BCUT2D eigenvalue weighted by molar-refractivity contribution is 6.02. The van der Waals surface area contributed by atoms with Crippen molar-refractivity contribution in [1.82, 2.24) is 20.1 Å². The number of aromatic nitrogens is 1. The maximum atomic E-state index is 12.5. The third kappa shape index (κ3) is 2.91. The van der Waals surface area contributed by atoms with E-state index in [1.54, 1.807) is 0 Å². The van der Waals surface area contributed by atoms with Gasteiger partial charge < -0.3 is 10.2 Å². The molecule has 10 heteroatoms. The molecule has 0 aliphatic carbocycles. The van der Waals surface area contributed by atoms with Gasteiger partial charge in [0, 0.05) is 19.3 Å². The molecule has 0 radical (unpaired) electrons. The van der Waals surface area contributed by atoms with Crippen LogP contribution in [0.4, 0.5) is 18.0 Å². The molecule has 128 valence electrons. The van der Waals surface area contributed by atoms with Crippen LogP contribution in [0, 0.1) is 0 Å². The fraction of sp³-hybridized carbons (Fsp3) is 0.429. The van der Waals surface area contributed by atoms with Crippen molar-refractivity contribution < 1.29 is 27.6 Å². The van der Waals surface area contributed by atoms with E-state index in [9.17, 15) is 27.6 Å². The maximum absolute atomic E-state index is 12.5. The fourth-order valence-electron chi connectivity index (χ4n) is 2.81. The third-order valence-corrected chi connectivity index (χ3v) is 3.99. The van der Waals surface area contributed by atoms with Crippen molar-refractivity contribution in [3.8, 4) is 0 Å². The number of amides is 4. The van der Waals surface area contributed by atoms with Gasteiger partial charge in [0.05, 0.1) is 18.2 Å². The minimum absolute atomic E-state index is 0.0286. The summed E-state index contributed by atoms with van der Waals surface area (Å²) >= 11 is 0. The molecule has 24 heavy (non-hydrogen) atoms. The molecule has 4 amide bonds. The number of carbonyl (C=O) groups excluding carboxylic acids is 3.